The molecule has 110 valence electrons. The first-order valence-electron chi connectivity index (χ1n) is 7.66. The van der Waals surface area contributed by atoms with E-state index in [0.29, 0.717) is 18.9 Å². The minimum atomic E-state index is 0.205. The second kappa shape index (κ2) is 8.05. The zero-order valence-electron chi connectivity index (χ0n) is 12.4. The second-order valence-corrected chi connectivity index (χ2v) is 5.71. The van der Waals surface area contributed by atoms with Gasteiger partial charge in [-0.1, -0.05) is 31.4 Å². The van der Waals surface area contributed by atoms with Crippen LogP contribution >= 0.6 is 0 Å². The lowest BCUT2D eigenvalue weighted by Gasteiger charge is -2.21. The van der Waals surface area contributed by atoms with Gasteiger partial charge in [-0.2, -0.15) is 0 Å². The molecule has 0 heterocycles. The molecule has 1 fully saturated rings. The smallest absolute Gasteiger partial charge is 0.150 e. The van der Waals surface area contributed by atoms with E-state index in [2.05, 4.69) is 5.32 Å². The maximum atomic E-state index is 11.6. The fourth-order valence-corrected chi connectivity index (χ4v) is 2.80. The van der Waals surface area contributed by atoms with Crippen molar-refractivity contribution < 1.29 is 9.53 Å². The van der Waals surface area contributed by atoms with Gasteiger partial charge in [-0.05, 0) is 43.5 Å². The van der Waals surface area contributed by atoms with Crippen molar-refractivity contribution in [3.63, 3.8) is 0 Å². The van der Waals surface area contributed by atoms with Crippen LogP contribution in [-0.4, -0.2) is 26.0 Å². The fourth-order valence-electron chi connectivity index (χ4n) is 2.80. The molecule has 1 aromatic carbocycles. The van der Waals surface area contributed by atoms with E-state index in [4.69, 9.17) is 4.74 Å². The SMILES string of the molecule is CNCC(=O)Cc1cccc(OCC2CCCCC2)c1. The number of carbonyl (C=O) groups is 1. The van der Waals surface area contributed by atoms with E-state index in [9.17, 15) is 4.79 Å². The predicted octanol–water partition coefficient (Wildman–Crippen LogP) is 2.98. The van der Waals surface area contributed by atoms with Crippen LogP contribution in [0.25, 0.3) is 0 Å². The Balaban J connectivity index is 1.83. The largest absolute Gasteiger partial charge is 0.493 e. The summed E-state index contributed by atoms with van der Waals surface area (Å²) in [6.45, 7) is 1.24. The third kappa shape index (κ3) is 4.97. The van der Waals surface area contributed by atoms with Crippen molar-refractivity contribution in [3.8, 4) is 5.75 Å². The molecule has 1 N–H and O–H groups in total. The van der Waals surface area contributed by atoms with Crippen molar-refractivity contribution in [2.75, 3.05) is 20.2 Å². The van der Waals surface area contributed by atoms with Gasteiger partial charge in [0, 0.05) is 6.42 Å². The second-order valence-electron chi connectivity index (χ2n) is 5.71. The minimum absolute atomic E-state index is 0.205. The zero-order chi connectivity index (χ0) is 14.2. The average molecular weight is 275 g/mol. The van der Waals surface area contributed by atoms with Crippen molar-refractivity contribution in [1.82, 2.24) is 5.32 Å². The Morgan fingerprint density at radius 2 is 2.10 bits per heavy atom. The fraction of sp³-hybridized carbons (Fsp3) is 0.588. The molecule has 0 atom stereocenters. The van der Waals surface area contributed by atoms with Gasteiger partial charge in [0.25, 0.3) is 0 Å². The van der Waals surface area contributed by atoms with Crippen molar-refractivity contribution >= 4 is 5.78 Å². The molecule has 0 bridgehead atoms. The molecule has 3 heteroatoms. The van der Waals surface area contributed by atoms with Crippen LogP contribution in [0.1, 0.15) is 37.7 Å². The molecule has 20 heavy (non-hydrogen) atoms. The molecule has 3 nitrogen and oxygen atoms in total. The van der Waals surface area contributed by atoms with E-state index in [-0.39, 0.29) is 5.78 Å². The summed E-state index contributed by atoms with van der Waals surface area (Å²) in [5.41, 5.74) is 1.03. The van der Waals surface area contributed by atoms with Crippen LogP contribution in [0.2, 0.25) is 0 Å². The van der Waals surface area contributed by atoms with Crippen molar-refractivity contribution in [2.45, 2.75) is 38.5 Å². The van der Waals surface area contributed by atoms with Gasteiger partial charge < -0.3 is 10.1 Å². The van der Waals surface area contributed by atoms with Crippen LogP contribution in [0.15, 0.2) is 24.3 Å². The van der Waals surface area contributed by atoms with Gasteiger partial charge in [0.2, 0.25) is 0 Å². The molecule has 0 saturated heterocycles. The highest BCUT2D eigenvalue weighted by Crippen LogP contribution is 2.24. The van der Waals surface area contributed by atoms with E-state index in [1.165, 1.54) is 32.1 Å². The van der Waals surface area contributed by atoms with Gasteiger partial charge in [-0.3, -0.25) is 4.79 Å². The molecule has 0 amide bonds. The number of ether oxygens (including phenoxy) is 1. The van der Waals surface area contributed by atoms with Crippen LogP contribution < -0.4 is 10.1 Å². The molecule has 0 aromatic heterocycles. The van der Waals surface area contributed by atoms with E-state index in [1.807, 2.05) is 24.3 Å². The number of Topliss-reactive ketones (excluding diaryl/α,β-unsaturated/α-hetero) is 1. The molecular formula is C17H25NO2. The molecule has 0 spiro atoms. The summed E-state index contributed by atoms with van der Waals surface area (Å²) in [5, 5.41) is 2.89. The van der Waals surface area contributed by atoms with Crippen molar-refractivity contribution in [2.24, 2.45) is 5.92 Å². The van der Waals surface area contributed by atoms with Crippen molar-refractivity contribution in [3.05, 3.63) is 29.8 Å². The highest BCUT2D eigenvalue weighted by atomic mass is 16.5. The number of likely N-dealkylation sites (N-methyl/N-ethyl adjacent to an activating group) is 1. The molecule has 2 rings (SSSR count). The summed E-state index contributed by atoms with van der Waals surface area (Å²) in [6.07, 6.45) is 7.11. The molecular weight excluding hydrogens is 250 g/mol. The highest BCUT2D eigenvalue weighted by Gasteiger charge is 2.14. The van der Waals surface area contributed by atoms with Gasteiger partial charge in [0.05, 0.1) is 13.2 Å². The third-order valence-electron chi connectivity index (χ3n) is 3.88. The lowest BCUT2D eigenvalue weighted by Crippen LogP contribution is -2.20. The van der Waals surface area contributed by atoms with E-state index >= 15 is 0 Å². The van der Waals surface area contributed by atoms with Crippen LogP contribution in [-0.2, 0) is 11.2 Å². The molecule has 1 aliphatic carbocycles. The maximum Gasteiger partial charge on any atom is 0.150 e. The lowest BCUT2D eigenvalue weighted by atomic mass is 9.90. The normalized spacial score (nSPS) is 16.1. The lowest BCUT2D eigenvalue weighted by molar-refractivity contribution is -0.117. The van der Waals surface area contributed by atoms with E-state index < -0.39 is 0 Å². The number of nitrogens with one attached hydrogen (secondary N) is 1. The highest BCUT2D eigenvalue weighted by molar-refractivity contribution is 5.82. The quantitative estimate of drug-likeness (QED) is 0.831. The topological polar surface area (TPSA) is 38.3 Å². The first-order chi connectivity index (χ1) is 9.78. The van der Waals surface area contributed by atoms with Crippen LogP contribution in [0.3, 0.4) is 0 Å². The molecule has 1 aliphatic rings. The Bertz CT molecular complexity index is 425. The third-order valence-corrected chi connectivity index (χ3v) is 3.88. The van der Waals surface area contributed by atoms with Crippen LogP contribution in [0.4, 0.5) is 0 Å². The van der Waals surface area contributed by atoms with Gasteiger partial charge in [0.1, 0.15) is 5.75 Å². The molecule has 1 saturated carbocycles. The summed E-state index contributed by atoms with van der Waals surface area (Å²) < 4.78 is 5.90. The van der Waals surface area contributed by atoms with Gasteiger partial charge in [-0.25, -0.2) is 0 Å². The summed E-state index contributed by atoms with van der Waals surface area (Å²) in [6, 6.07) is 7.93. The number of hydrogen-bond donors (Lipinski definition) is 1. The Morgan fingerprint density at radius 3 is 2.85 bits per heavy atom. The number of ketones is 1. The van der Waals surface area contributed by atoms with E-state index in [1.54, 1.807) is 7.05 Å². The zero-order valence-corrected chi connectivity index (χ0v) is 12.4. The van der Waals surface area contributed by atoms with Gasteiger partial charge in [-0.15, -0.1) is 0 Å². The Labute approximate surface area is 121 Å². The first-order valence-corrected chi connectivity index (χ1v) is 7.66. The van der Waals surface area contributed by atoms with Gasteiger partial charge in [0.15, 0.2) is 5.78 Å². The summed E-state index contributed by atoms with van der Waals surface area (Å²) in [5.74, 6) is 1.81. The summed E-state index contributed by atoms with van der Waals surface area (Å²) >= 11 is 0. The molecule has 0 aliphatic heterocycles. The Morgan fingerprint density at radius 1 is 1.30 bits per heavy atom. The van der Waals surface area contributed by atoms with Crippen LogP contribution in [0.5, 0.6) is 5.75 Å². The molecule has 1 aromatic rings. The standard InChI is InChI=1S/C17H25NO2/c1-18-12-16(19)10-15-8-5-9-17(11-15)20-13-14-6-3-2-4-7-14/h5,8-9,11,14,18H,2-4,6-7,10,12-13H2,1H3. The number of hydrogen-bond acceptors (Lipinski definition) is 3. The minimum Gasteiger partial charge on any atom is -0.493 e. The monoisotopic (exact) mass is 275 g/mol. The summed E-state index contributed by atoms with van der Waals surface area (Å²) in [7, 11) is 1.79. The van der Waals surface area contributed by atoms with Gasteiger partial charge >= 0.3 is 0 Å². The maximum absolute atomic E-state index is 11.6. The molecule has 0 unspecified atom stereocenters. The summed E-state index contributed by atoms with van der Waals surface area (Å²) in [4.78, 5) is 11.6. The van der Waals surface area contributed by atoms with Crippen LogP contribution in [0, 0.1) is 5.92 Å². The predicted molar refractivity (Wildman–Crippen MR) is 81.1 cm³/mol. The van der Waals surface area contributed by atoms with Crippen molar-refractivity contribution in [1.29, 1.82) is 0 Å². The first kappa shape index (κ1) is 15.0. The number of carbonyl (C=O) groups excluding carboxylic acids is 1. The average Bonchev–Trinajstić information content (AvgIpc) is 2.47. The Kier molecular flexibility index (Phi) is 6.06. The Hall–Kier alpha value is -1.35. The number of rotatable bonds is 7. The number of benzene rings is 1. The molecule has 0 radical (unpaired) electrons. The van der Waals surface area contributed by atoms with E-state index in [0.717, 1.165) is 17.9 Å².